The van der Waals surface area contributed by atoms with Crippen molar-refractivity contribution in [1.29, 1.82) is 0 Å². The van der Waals surface area contributed by atoms with Crippen molar-refractivity contribution in [3.05, 3.63) is 42.2 Å². The van der Waals surface area contributed by atoms with Crippen LogP contribution in [0.15, 0.2) is 36.7 Å². The molecule has 0 atom stereocenters. The van der Waals surface area contributed by atoms with Gasteiger partial charge in [0.05, 0.1) is 6.42 Å². The number of hydrogen-bond donors (Lipinski definition) is 0. The van der Waals surface area contributed by atoms with Crippen LogP contribution < -0.4 is 0 Å². The summed E-state index contributed by atoms with van der Waals surface area (Å²) in [6.07, 6.45) is -2.05. The van der Waals surface area contributed by atoms with E-state index in [0.717, 1.165) is 5.39 Å². The molecule has 0 saturated carbocycles. The Bertz CT molecular complexity index is 471. The molecule has 0 aliphatic carbocycles. The van der Waals surface area contributed by atoms with E-state index in [1.54, 1.807) is 24.4 Å². The SMILES string of the molecule is FC(F)(F)Cc1cccc2ccncc12. The Labute approximate surface area is 84.6 Å². The van der Waals surface area contributed by atoms with Gasteiger partial charge in [0, 0.05) is 17.8 Å². The second kappa shape index (κ2) is 3.53. The van der Waals surface area contributed by atoms with Crippen molar-refractivity contribution in [3.63, 3.8) is 0 Å². The van der Waals surface area contributed by atoms with Gasteiger partial charge in [-0.15, -0.1) is 0 Å². The van der Waals surface area contributed by atoms with Gasteiger partial charge in [-0.2, -0.15) is 13.2 Å². The zero-order valence-corrected chi connectivity index (χ0v) is 7.75. The normalized spacial score (nSPS) is 11.9. The predicted molar refractivity (Wildman–Crippen MR) is 51.5 cm³/mol. The average Bonchev–Trinajstić information content (AvgIpc) is 2.16. The Morgan fingerprint density at radius 1 is 1.13 bits per heavy atom. The molecule has 0 fully saturated rings. The van der Waals surface area contributed by atoms with Crippen LogP contribution in [-0.4, -0.2) is 11.2 Å². The van der Waals surface area contributed by atoms with Gasteiger partial charge in [-0.3, -0.25) is 4.98 Å². The van der Waals surface area contributed by atoms with Crippen LogP contribution in [0.2, 0.25) is 0 Å². The van der Waals surface area contributed by atoms with Crippen molar-refractivity contribution >= 4 is 10.8 Å². The number of aromatic nitrogens is 1. The maximum absolute atomic E-state index is 12.2. The summed E-state index contributed by atoms with van der Waals surface area (Å²) in [6, 6.07) is 6.59. The molecule has 0 amide bonds. The molecule has 0 saturated heterocycles. The van der Waals surface area contributed by atoms with E-state index in [1.807, 2.05) is 0 Å². The lowest BCUT2D eigenvalue weighted by Crippen LogP contribution is -2.11. The molecule has 1 aromatic heterocycles. The largest absolute Gasteiger partial charge is 0.393 e. The van der Waals surface area contributed by atoms with E-state index in [0.29, 0.717) is 5.39 Å². The van der Waals surface area contributed by atoms with Gasteiger partial charge in [0.1, 0.15) is 0 Å². The molecule has 0 spiro atoms. The maximum Gasteiger partial charge on any atom is 0.393 e. The number of hydrogen-bond acceptors (Lipinski definition) is 1. The fourth-order valence-corrected chi connectivity index (χ4v) is 1.55. The summed E-state index contributed by atoms with van der Waals surface area (Å²) in [4.78, 5) is 3.84. The number of benzene rings is 1. The van der Waals surface area contributed by atoms with E-state index in [9.17, 15) is 13.2 Å². The first-order chi connectivity index (χ1) is 7.06. The average molecular weight is 211 g/mol. The zero-order valence-electron chi connectivity index (χ0n) is 7.75. The number of alkyl halides is 3. The van der Waals surface area contributed by atoms with Crippen molar-refractivity contribution in [1.82, 2.24) is 4.98 Å². The van der Waals surface area contributed by atoms with Gasteiger partial charge in [-0.05, 0) is 17.0 Å². The number of halogens is 3. The molecule has 1 aromatic carbocycles. The second-order valence-electron chi connectivity index (χ2n) is 3.31. The first kappa shape index (κ1) is 9.96. The molecule has 1 nitrogen and oxygen atoms in total. The summed E-state index contributed by atoms with van der Waals surface area (Å²) in [6.45, 7) is 0. The van der Waals surface area contributed by atoms with Crippen LogP contribution in [0, 0.1) is 0 Å². The Kier molecular flexibility index (Phi) is 2.34. The van der Waals surface area contributed by atoms with E-state index in [-0.39, 0.29) is 5.56 Å². The van der Waals surface area contributed by atoms with Crippen molar-refractivity contribution in [3.8, 4) is 0 Å². The van der Waals surface area contributed by atoms with Crippen LogP contribution in [0.1, 0.15) is 5.56 Å². The molecule has 0 bridgehead atoms. The van der Waals surface area contributed by atoms with E-state index in [4.69, 9.17) is 0 Å². The zero-order chi connectivity index (χ0) is 10.9. The molecule has 0 unspecified atom stereocenters. The number of pyridine rings is 1. The van der Waals surface area contributed by atoms with Crippen molar-refractivity contribution in [2.45, 2.75) is 12.6 Å². The highest BCUT2D eigenvalue weighted by Crippen LogP contribution is 2.26. The number of rotatable bonds is 1. The smallest absolute Gasteiger partial charge is 0.264 e. The minimum atomic E-state index is -4.18. The molecule has 1 heterocycles. The lowest BCUT2D eigenvalue weighted by molar-refractivity contribution is -0.126. The van der Waals surface area contributed by atoms with Gasteiger partial charge >= 0.3 is 6.18 Å². The number of nitrogens with zero attached hydrogens (tertiary/aromatic N) is 1. The van der Waals surface area contributed by atoms with Gasteiger partial charge in [0.15, 0.2) is 0 Å². The summed E-state index contributed by atoms with van der Waals surface area (Å²) in [5, 5.41) is 1.35. The first-order valence-corrected chi connectivity index (χ1v) is 4.45. The molecular formula is C11H8F3N. The Morgan fingerprint density at radius 2 is 1.93 bits per heavy atom. The second-order valence-corrected chi connectivity index (χ2v) is 3.31. The highest BCUT2D eigenvalue weighted by atomic mass is 19.4. The van der Waals surface area contributed by atoms with Crippen molar-refractivity contribution in [2.75, 3.05) is 0 Å². The van der Waals surface area contributed by atoms with E-state index in [2.05, 4.69) is 4.98 Å². The van der Waals surface area contributed by atoms with Crippen LogP contribution in [-0.2, 0) is 6.42 Å². The predicted octanol–water partition coefficient (Wildman–Crippen LogP) is 3.34. The lowest BCUT2D eigenvalue weighted by Gasteiger charge is -2.08. The molecular weight excluding hydrogens is 203 g/mol. The molecule has 78 valence electrons. The fourth-order valence-electron chi connectivity index (χ4n) is 1.55. The van der Waals surface area contributed by atoms with Gasteiger partial charge in [0.25, 0.3) is 0 Å². The van der Waals surface area contributed by atoms with E-state index in [1.165, 1.54) is 12.3 Å². The summed E-state index contributed by atoms with van der Waals surface area (Å²) in [5.74, 6) is 0. The Hall–Kier alpha value is -1.58. The highest BCUT2D eigenvalue weighted by molar-refractivity contribution is 5.84. The fraction of sp³-hybridized carbons (Fsp3) is 0.182. The third kappa shape index (κ3) is 2.26. The molecule has 0 N–H and O–H groups in total. The van der Waals surface area contributed by atoms with Crippen LogP contribution in [0.25, 0.3) is 10.8 Å². The molecule has 0 aliphatic rings. The Morgan fingerprint density at radius 3 is 2.67 bits per heavy atom. The van der Waals surface area contributed by atoms with Gasteiger partial charge < -0.3 is 0 Å². The van der Waals surface area contributed by atoms with Crippen molar-refractivity contribution < 1.29 is 13.2 Å². The van der Waals surface area contributed by atoms with Gasteiger partial charge in [-0.25, -0.2) is 0 Å². The van der Waals surface area contributed by atoms with Crippen LogP contribution in [0.4, 0.5) is 13.2 Å². The highest BCUT2D eigenvalue weighted by Gasteiger charge is 2.28. The third-order valence-corrected chi connectivity index (χ3v) is 2.16. The summed E-state index contributed by atoms with van der Waals surface area (Å²) in [7, 11) is 0. The topological polar surface area (TPSA) is 12.9 Å². The summed E-state index contributed by atoms with van der Waals surface area (Å²) < 4.78 is 36.7. The van der Waals surface area contributed by atoms with Gasteiger partial charge in [0.2, 0.25) is 0 Å². The molecule has 0 radical (unpaired) electrons. The molecule has 2 rings (SSSR count). The lowest BCUT2D eigenvalue weighted by atomic mass is 10.0. The molecule has 4 heteroatoms. The third-order valence-electron chi connectivity index (χ3n) is 2.16. The summed E-state index contributed by atoms with van der Waals surface area (Å²) >= 11 is 0. The molecule has 15 heavy (non-hydrogen) atoms. The molecule has 2 aromatic rings. The van der Waals surface area contributed by atoms with Gasteiger partial charge in [-0.1, -0.05) is 18.2 Å². The van der Waals surface area contributed by atoms with E-state index < -0.39 is 12.6 Å². The van der Waals surface area contributed by atoms with Crippen LogP contribution in [0.3, 0.4) is 0 Å². The Balaban J connectivity index is 2.52. The molecule has 0 aliphatic heterocycles. The number of fused-ring (bicyclic) bond motifs is 1. The van der Waals surface area contributed by atoms with Crippen molar-refractivity contribution in [2.24, 2.45) is 0 Å². The minimum Gasteiger partial charge on any atom is -0.264 e. The van der Waals surface area contributed by atoms with Crippen LogP contribution >= 0.6 is 0 Å². The maximum atomic E-state index is 12.2. The monoisotopic (exact) mass is 211 g/mol. The minimum absolute atomic E-state index is 0.271. The standard InChI is InChI=1S/C11H8F3N/c12-11(13,14)6-9-3-1-2-8-4-5-15-7-10(8)9/h1-5,7H,6H2. The summed E-state index contributed by atoms with van der Waals surface area (Å²) in [5.41, 5.74) is 0.271. The van der Waals surface area contributed by atoms with E-state index >= 15 is 0 Å². The van der Waals surface area contributed by atoms with Crippen LogP contribution in [0.5, 0.6) is 0 Å². The quantitative estimate of drug-likeness (QED) is 0.704. The first-order valence-electron chi connectivity index (χ1n) is 4.45.